The van der Waals surface area contributed by atoms with Crippen molar-refractivity contribution >= 4 is 5.91 Å². The van der Waals surface area contributed by atoms with Gasteiger partial charge in [-0.05, 0) is 31.9 Å². The van der Waals surface area contributed by atoms with Crippen LogP contribution in [0.5, 0.6) is 0 Å². The van der Waals surface area contributed by atoms with Gasteiger partial charge in [0.05, 0.1) is 12.0 Å². The molecule has 1 aromatic carbocycles. The summed E-state index contributed by atoms with van der Waals surface area (Å²) in [6.45, 7) is 7.98. The average Bonchev–Trinajstić information content (AvgIpc) is 2.75. The second-order valence-corrected chi connectivity index (χ2v) is 5.39. The van der Waals surface area contributed by atoms with Gasteiger partial charge >= 0.3 is 0 Å². The molecular formula is C15H22N2O. The maximum atomic E-state index is 12.2. The molecule has 1 saturated heterocycles. The Morgan fingerprint density at radius 3 is 2.83 bits per heavy atom. The maximum absolute atomic E-state index is 12.2. The lowest BCUT2D eigenvalue weighted by atomic mass is 9.96. The van der Waals surface area contributed by atoms with E-state index in [4.69, 9.17) is 0 Å². The zero-order valence-electron chi connectivity index (χ0n) is 11.4. The van der Waals surface area contributed by atoms with Crippen molar-refractivity contribution in [1.29, 1.82) is 0 Å². The number of benzene rings is 1. The van der Waals surface area contributed by atoms with Gasteiger partial charge in [-0.3, -0.25) is 4.79 Å². The van der Waals surface area contributed by atoms with Crippen molar-refractivity contribution in [3.8, 4) is 0 Å². The van der Waals surface area contributed by atoms with E-state index in [1.807, 2.05) is 13.0 Å². The Kier molecular flexibility index (Phi) is 4.02. The topological polar surface area (TPSA) is 41.1 Å². The van der Waals surface area contributed by atoms with Gasteiger partial charge in [0.1, 0.15) is 0 Å². The van der Waals surface area contributed by atoms with E-state index in [2.05, 4.69) is 42.7 Å². The minimum absolute atomic E-state index is 0.0743. The molecule has 1 aliphatic rings. The largest absolute Gasteiger partial charge is 0.349 e. The van der Waals surface area contributed by atoms with Crippen molar-refractivity contribution in [2.24, 2.45) is 11.8 Å². The number of nitrogens with one attached hydrogen (secondary N) is 2. The molecule has 1 aromatic rings. The molecule has 3 atom stereocenters. The Morgan fingerprint density at radius 1 is 1.44 bits per heavy atom. The lowest BCUT2D eigenvalue weighted by Crippen LogP contribution is -2.35. The summed E-state index contributed by atoms with van der Waals surface area (Å²) in [4.78, 5) is 12.2. The van der Waals surface area contributed by atoms with Crippen LogP contribution in [-0.4, -0.2) is 19.0 Å². The number of carbonyl (C=O) groups is 1. The lowest BCUT2D eigenvalue weighted by molar-refractivity contribution is -0.126. The summed E-state index contributed by atoms with van der Waals surface area (Å²) in [6.07, 6.45) is 0. The number of hydrogen-bond donors (Lipinski definition) is 2. The third-order valence-corrected chi connectivity index (χ3v) is 3.76. The Hall–Kier alpha value is -1.35. The summed E-state index contributed by atoms with van der Waals surface area (Å²) >= 11 is 0. The SMILES string of the molecule is Cc1cccc([C@H](C)NC(=O)[C@@H]2CNC[C@H]2C)c1. The molecule has 2 rings (SSSR count). The quantitative estimate of drug-likeness (QED) is 0.857. The summed E-state index contributed by atoms with van der Waals surface area (Å²) in [5.74, 6) is 0.702. The fourth-order valence-electron chi connectivity index (χ4n) is 2.50. The van der Waals surface area contributed by atoms with Crippen molar-refractivity contribution in [3.63, 3.8) is 0 Å². The molecule has 18 heavy (non-hydrogen) atoms. The predicted octanol–water partition coefficient (Wildman–Crippen LogP) is 2.03. The van der Waals surface area contributed by atoms with Crippen LogP contribution in [0.4, 0.5) is 0 Å². The van der Waals surface area contributed by atoms with Crippen LogP contribution in [0, 0.1) is 18.8 Å². The number of hydrogen-bond acceptors (Lipinski definition) is 2. The molecule has 3 heteroatoms. The second kappa shape index (κ2) is 5.53. The molecule has 0 unspecified atom stereocenters. The summed E-state index contributed by atoms with van der Waals surface area (Å²) < 4.78 is 0. The van der Waals surface area contributed by atoms with E-state index in [1.165, 1.54) is 11.1 Å². The minimum Gasteiger partial charge on any atom is -0.349 e. The van der Waals surface area contributed by atoms with Gasteiger partial charge in [-0.15, -0.1) is 0 Å². The minimum atomic E-state index is 0.0743. The first-order valence-electron chi connectivity index (χ1n) is 6.65. The molecule has 98 valence electrons. The van der Waals surface area contributed by atoms with Crippen LogP contribution in [0.1, 0.15) is 31.0 Å². The Balaban J connectivity index is 1.98. The average molecular weight is 246 g/mol. The summed E-state index contributed by atoms with van der Waals surface area (Å²) in [5.41, 5.74) is 2.39. The Labute approximate surface area is 109 Å². The van der Waals surface area contributed by atoms with Gasteiger partial charge in [-0.2, -0.15) is 0 Å². The van der Waals surface area contributed by atoms with Crippen LogP contribution in [-0.2, 0) is 4.79 Å². The third kappa shape index (κ3) is 2.91. The lowest BCUT2D eigenvalue weighted by Gasteiger charge is -2.19. The van der Waals surface area contributed by atoms with Gasteiger partial charge in [-0.25, -0.2) is 0 Å². The highest BCUT2D eigenvalue weighted by molar-refractivity contribution is 5.80. The van der Waals surface area contributed by atoms with E-state index in [0.717, 1.165) is 13.1 Å². The van der Waals surface area contributed by atoms with E-state index < -0.39 is 0 Å². The highest BCUT2D eigenvalue weighted by Crippen LogP contribution is 2.19. The van der Waals surface area contributed by atoms with Crippen molar-refractivity contribution in [1.82, 2.24) is 10.6 Å². The van der Waals surface area contributed by atoms with E-state index in [-0.39, 0.29) is 17.9 Å². The molecule has 0 spiro atoms. The van der Waals surface area contributed by atoms with Crippen LogP contribution >= 0.6 is 0 Å². The van der Waals surface area contributed by atoms with Crippen LogP contribution < -0.4 is 10.6 Å². The van der Waals surface area contributed by atoms with Gasteiger partial charge in [0.15, 0.2) is 0 Å². The number of amides is 1. The van der Waals surface area contributed by atoms with Crippen LogP contribution in [0.3, 0.4) is 0 Å². The van der Waals surface area contributed by atoms with E-state index in [1.54, 1.807) is 0 Å². The van der Waals surface area contributed by atoms with Crippen molar-refractivity contribution in [2.75, 3.05) is 13.1 Å². The fourth-order valence-corrected chi connectivity index (χ4v) is 2.50. The fraction of sp³-hybridized carbons (Fsp3) is 0.533. The molecular weight excluding hydrogens is 224 g/mol. The molecule has 1 amide bonds. The first-order chi connectivity index (χ1) is 8.58. The predicted molar refractivity (Wildman–Crippen MR) is 73.3 cm³/mol. The summed E-state index contributed by atoms with van der Waals surface area (Å²) in [7, 11) is 0. The van der Waals surface area contributed by atoms with Gasteiger partial charge < -0.3 is 10.6 Å². The van der Waals surface area contributed by atoms with E-state index in [9.17, 15) is 4.79 Å². The summed E-state index contributed by atoms with van der Waals surface area (Å²) in [5, 5.41) is 6.38. The molecule has 0 radical (unpaired) electrons. The summed E-state index contributed by atoms with van der Waals surface area (Å²) in [6, 6.07) is 8.37. The van der Waals surface area contributed by atoms with Gasteiger partial charge in [-0.1, -0.05) is 36.8 Å². The van der Waals surface area contributed by atoms with E-state index in [0.29, 0.717) is 5.92 Å². The first kappa shape index (κ1) is 13.1. The van der Waals surface area contributed by atoms with Gasteiger partial charge in [0, 0.05) is 6.54 Å². The highest BCUT2D eigenvalue weighted by Gasteiger charge is 2.30. The molecule has 3 nitrogen and oxygen atoms in total. The molecule has 0 saturated carbocycles. The molecule has 0 bridgehead atoms. The van der Waals surface area contributed by atoms with Crippen LogP contribution in [0.15, 0.2) is 24.3 Å². The zero-order chi connectivity index (χ0) is 13.1. The Morgan fingerprint density at radius 2 is 2.22 bits per heavy atom. The van der Waals surface area contributed by atoms with Gasteiger partial charge in [0.2, 0.25) is 5.91 Å². The van der Waals surface area contributed by atoms with Crippen LogP contribution in [0.2, 0.25) is 0 Å². The Bertz CT molecular complexity index is 430. The molecule has 0 aliphatic carbocycles. The second-order valence-electron chi connectivity index (χ2n) is 5.39. The van der Waals surface area contributed by atoms with Crippen molar-refractivity contribution in [2.45, 2.75) is 26.8 Å². The highest BCUT2D eigenvalue weighted by atomic mass is 16.2. The number of aryl methyl sites for hydroxylation is 1. The smallest absolute Gasteiger partial charge is 0.225 e. The van der Waals surface area contributed by atoms with E-state index >= 15 is 0 Å². The third-order valence-electron chi connectivity index (χ3n) is 3.76. The van der Waals surface area contributed by atoms with Crippen molar-refractivity contribution in [3.05, 3.63) is 35.4 Å². The van der Waals surface area contributed by atoms with Crippen LogP contribution in [0.25, 0.3) is 0 Å². The molecule has 1 fully saturated rings. The maximum Gasteiger partial charge on any atom is 0.225 e. The number of rotatable bonds is 3. The molecule has 1 heterocycles. The van der Waals surface area contributed by atoms with Crippen molar-refractivity contribution < 1.29 is 4.79 Å². The van der Waals surface area contributed by atoms with Gasteiger partial charge in [0.25, 0.3) is 0 Å². The normalized spacial score (nSPS) is 24.8. The molecule has 0 aromatic heterocycles. The monoisotopic (exact) mass is 246 g/mol. The zero-order valence-corrected chi connectivity index (χ0v) is 11.4. The molecule has 2 N–H and O–H groups in total. The first-order valence-corrected chi connectivity index (χ1v) is 6.65. The molecule has 1 aliphatic heterocycles. The standard InChI is InChI=1S/C15H22N2O/c1-10-5-4-6-13(7-10)12(3)17-15(18)14-9-16-8-11(14)2/h4-7,11-12,14,16H,8-9H2,1-3H3,(H,17,18)/t11-,12+,14-/m1/s1. The number of carbonyl (C=O) groups excluding carboxylic acids is 1.